The van der Waals surface area contributed by atoms with Crippen LogP contribution in [0, 0.1) is 0 Å². The van der Waals surface area contributed by atoms with Crippen LogP contribution in [0.15, 0.2) is 40.5 Å². The van der Waals surface area contributed by atoms with Crippen LogP contribution in [0.1, 0.15) is 40.9 Å². The number of nitrogens with zero attached hydrogens (tertiary/aromatic N) is 1. The Morgan fingerprint density at radius 1 is 1.40 bits per heavy atom. The van der Waals surface area contributed by atoms with E-state index in [9.17, 15) is 4.79 Å². The Morgan fingerprint density at radius 3 is 3.10 bits per heavy atom. The molecule has 106 valence electrons. The number of furan rings is 1. The molecule has 1 aliphatic rings. The summed E-state index contributed by atoms with van der Waals surface area (Å²) >= 11 is 1.80. The Morgan fingerprint density at radius 2 is 2.35 bits per heavy atom. The molecular formula is C16H19NO2S. The molecule has 0 saturated carbocycles. The largest absolute Gasteiger partial charge is 0.472 e. The highest BCUT2D eigenvalue weighted by molar-refractivity contribution is 7.09. The van der Waals surface area contributed by atoms with Gasteiger partial charge in [-0.15, -0.1) is 11.3 Å². The molecule has 3 heterocycles. The van der Waals surface area contributed by atoms with Gasteiger partial charge in [0.05, 0.1) is 11.8 Å². The lowest BCUT2D eigenvalue weighted by Crippen LogP contribution is -2.43. The van der Waals surface area contributed by atoms with E-state index in [2.05, 4.69) is 17.5 Å². The fourth-order valence-corrected chi connectivity index (χ4v) is 3.61. The lowest BCUT2D eigenvalue weighted by Gasteiger charge is -2.35. The number of thiophene rings is 1. The minimum Gasteiger partial charge on any atom is -0.472 e. The Labute approximate surface area is 123 Å². The maximum Gasteiger partial charge on any atom is 0.257 e. The first-order valence-electron chi connectivity index (χ1n) is 7.20. The smallest absolute Gasteiger partial charge is 0.257 e. The monoisotopic (exact) mass is 289 g/mol. The average molecular weight is 289 g/mol. The van der Waals surface area contributed by atoms with Crippen LogP contribution in [0.4, 0.5) is 0 Å². The van der Waals surface area contributed by atoms with Gasteiger partial charge in [0.1, 0.15) is 6.26 Å². The first-order valence-corrected chi connectivity index (χ1v) is 8.08. The Bertz CT molecular complexity index is 533. The summed E-state index contributed by atoms with van der Waals surface area (Å²) in [5, 5.41) is 2.12. The number of carbonyl (C=O) groups excluding carboxylic acids is 1. The summed E-state index contributed by atoms with van der Waals surface area (Å²) in [5.41, 5.74) is 0.674. The highest BCUT2D eigenvalue weighted by atomic mass is 32.1. The topological polar surface area (TPSA) is 33.5 Å². The second kappa shape index (κ2) is 6.27. The van der Waals surface area contributed by atoms with Crippen molar-refractivity contribution in [3.05, 3.63) is 46.5 Å². The zero-order valence-corrected chi connectivity index (χ0v) is 12.3. The normalized spacial score (nSPS) is 19.2. The third-order valence-electron chi connectivity index (χ3n) is 3.96. The third-order valence-corrected chi connectivity index (χ3v) is 4.90. The predicted molar refractivity (Wildman–Crippen MR) is 80.0 cm³/mol. The summed E-state index contributed by atoms with van der Waals surface area (Å²) in [7, 11) is 0. The summed E-state index contributed by atoms with van der Waals surface area (Å²) in [5.74, 6) is 0.120. The summed E-state index contributed by atoms with van der Waals surface area (Å²) in [6.07, 6.45) is 8.70. The van der Waals surface area contributed by atoms with Crippen molar-refractivity contribution < 1.29 is 9.21 Å². The van der Waals surface area contributed by atoms with Crippen LogP contribution in [-0.4, -0.2) is 23.4 Å². The molecule has 1 amide bonds. The fourth-order valence-electron chi connectivity index (χ4n) is 2.88. The standard InChI is InChI=1S/C16H19NO2S/c18-16(13-8-10-19-12-13)17-9-2-1-4-14(17)6-7-15-5-3-11-20-15/h3,5,8,10-12,14H,1-2,4,6-7,9H2/t14-/m0/s1. The molecular weight excluding hydrogens is 270 g/mol. The number of hydrogen-bond donors (Lipinski definition) is 0. The van der Waals surface area contributed by atoms with E-state index in [1.165, 1.54) is 11.3 Å². The van der Waals surface area contributed by atoms with Crippen molar-refractivity contribution in [3.63, 3.8) is 0 Å². The number of piperidine rings is 1. The van der Waals surface area contributed by atoms with Gasteiger partial charge in [-0.1, -0.05) is 6.07 Å². The molecule has 0 unspecified atom stereocenters. The SMILES string of the molecule is O=C(c1ccoc1)N1CCCC[C@H]1CCc1cccs1. The van der Waals surface area contributed by atoms with Crippen molar-refractivity contribution in [2.75, 3.05) is 6.54 Å². The van der Waals surface area contributed by atoms with Gasteiger partial charge in [0.2, 0.25) is 0 Å². The number of hydrogen-bond acceptors (Lipinski definition) is 3. The third kappa shape index (κ3) is 2.96. The molecule has 20 heavy (non-hydrogen) atoms. The summed E-state index contributed by atoms with van der Waals surface area (Å²) in [6.45, 7) is 0.874. The van der Waals surface area contributed by atoms with Crippen molar-refractivity contribution in [2.45, 2.75) is 38.1 Å². The number of carbonyl (C=O) groups is 1. The highest BCUT2D eigenvalue weighted by Gasteiger charge is 2.27. The van der Waals surface area contributed by atoms with Gasteiger partial charge in [-0.3, -0.25) is 4.79 Å². The summed E-state index contributed by atoms with van der Waals surface area (Å²) in [4.78, 5) is 16.0. The summed E-state index contributed by atoms with van der Waals surface area (Å²) in [6, 6.07) is 6.39. The van der Waals surface area contributed by atoms with Gasteiger partial charge in [-0.2, -0.15) is 0 Å². The lowest BCUT2D eigenvalue weighted by atomic mass is 9.97. The van der Waals surface area contributed by atoms with Gasteiger partial charge < -0.3 is 9.32 Å². The van der Waals surface area contributed by atoms with E-state index >= 15 is 0 Å². The Balaban J connectivity index is 1.66. The molecule has 1 aliphatic heterocycles. The van der Waals surface area contributed by atoms with Crippen LogP contribution in [0.3, 0.4) is 0 Å². The quantitative estimate of drug-likeness (QED) is 0.853. The van der Waals surface area contributed by atoms with E-state index in [-0.39, 0.29) is 5.91 Å². The van der Waals surface area contributed by atoms with Gasteiger partial charge in [0, 0.05) is 17.5 Å². The van der Waals surface area contributed by atoms with E-state index < -0.39 is 0 Å². The van der Waals surface area contributed by atoms with Crippen LogP contribution in [-0.2, 0) is 6.42 Å². The van der Waals surface area contributed by atoms with Crippen molar-refractivity contribution in [3.8, 4) is 0 Å². The highest BCUT2D eigenvalue weighted by Crippen LogP contribution is 2.24. The molecule has 2 aromatic rings. The van der Waals surface area contributed by atoms with Crippen LogP contribution in [0.2, 0.25) is 0 Å². The molecule has 1 atom stereocenters. The van der Waals surface area contributed by atoms with Gasteiger partial charge in [-0.05, 0) is 49.6 Å². The van der Waals surface area contributed by atoms with Gasteiger partial charge >= 0.3 is 0 Å². The van der Waals surface area contributed by atoms with Gasteiger partial charge in [0.25, 0.3) is 5.91 Å². The molecule has 0 radical (unpaired) electrons. The van der Waals surface area contributed by atoms with Gasteiger partial charge in [0.15, 0.2) is 0 Å². The van der Waals surface area contributed by atoms with Crippen molar-refractivity contribution in [2.24, 2.45) is 0 Å². The molecule has 0 bridgehead atoms. The number of amides is 1. The van der Waals surface area contributed by atoms with E-state index in [0.29, 0.717) is 11.6 Å². The van der Waals surface area contributed by atoms with E-state index in [0.717, 1.165) is 32.2 Å². The van der Waals surface area contributed by atoms with Crippen molar-refractivity contribution in [1.29, 1.82) is 0 Å². The number of aryl methyl sites for hydroxylation is 1. The van der Waals surface area contributed by atoms with Crippen LogP contribution >= 0.6 is 11.3 Å². The van der Waals surface area contributed by atoms with Gasteiger partial charge in [-0.25, -0.2) is 0 Å². The van der Waals surface area contributed by atoms with Crippen LogP contribution < -0.4 is 0 Å². The summed E-state index contributed by atoms with van der Waals surface area (Å²) < 4.78 is 5.03. The van der Waals surface area contributed by atoms with Crippen LogP contribution in [0.25, 0.3) is 0 Å². The minimum atomic E-state index is 0.120. The lowest BCUT2D eigenvalue weighted by molar-refractivity contribution is 0.0601. The second-order valence-corrected chi connectivity index (χ2v) is 6.31. The van der Waals surface area contributed by atoms with Crippen molar-refractivity contribution in [1.82, 2.24) is 4.90 Å². The predicted octanol–water partition coefficient (Wildman–Crippen LogP) is 3.97. The first kappa shape index (κ1) is 13.4. The molecule has 0 spiro atoms. The minimum absolute atomic E-state index is 0.120. The fraction of sp³-hybridized carbons (Fsp3) is 0.438. The molecule has 1 saturated heterocycles. The number of rotatable bonds is 4. The zero-order chi connectivity index (χ0) is 13.8. The van der Waals surface area contributed by atoms with E-state index in [4.69, 9.17) is 4.42 Å². The molecule has 0 aromatic carbocycles. The van der Waals surface area contributed by atoms with E-state index in [1.54, 1.807) is 29.9 Å². The van der Waals surface area contributed by atoms with Crippen molar-refractivity contribution >= 4 is 17.2 Å². The molecule has 3 rings (SSSR count). The maximum absolute atomic E-state index is 12.5. The second-order valence-electron chi connectivity index (χ2n) is 5.28. The molecule has 1 fully saturated rings. The average Bonchev–Trinajstić information content (AvgIpc) is 3.18. The molecule has 4 heteroatoms. The molecule has 3 nitrogen and oxygen atoms in total. The molecule has 0 N–H and O–H groups in total. The Kier molecular flexibility index (Phi) is 4.21. The number of likely N-dealkylation sites (tertiary alicyclic amines) is 1. The van der Waals surface area contributed by atoms with Crippen LogP contribution in [0.5, 0.6) is 0 Å². The maximum atomic E-state index is 12.5. The molecule has 0 aliphatic carbocycles. The zero-order valence-electron chi connectivity index (χ0n) is 11.5. The first-order chi connectivity index (χ1) is 9.84. The Hall–Kier alpha value is -1.55. The molecule has 2 aromatic heterocycles. The van der Waals surface area contributed by atoms with E-state index in [1.807, 2.05) is 4.90 Å².